The van der Waals surface area contributed by atoms with E-state index >= 15 is 0 Å². The molecule has 0 atom stereocenters. The lowest BCUT2D eigenvalue weighted by molar-refractivity contribution is -0.112. The Labute approximate surface area is 89.3 Å². The van der Waals surface area contributed by atoms with E-state index in [-0.39, 0.29) is 11.3 Å². The van der Waals surface area contributed by atoms with Crippen LogP contribution in [0.3, 0.4) is 0 Å². The summed E-state index contributed by atoms with van der Waals surface area (Å²) < 4.78 is 0. The molecule has 2 rings (SSSR count). The predicted octanol–water partition coefficient (Wildman–Crippen LogP) is 2.09. The van der Waals surface area contributed by atoms with Gasteiger partial charge in [-0.3, -0.25) is 9.79 Å². The highest BCUT2D eigenvalue weighted by molar-refractivity contribution is 6.32. The van der Waals surface area contributed by atoms with Gasteiger partial charge in [-0.2, -0.15) is 0 Å². The standard InChI is InChI=1S/C12H14N2O/c1-8-5-4-6-9(10(8)15)11-12(2,3)14-7-13-11/h6-7H,1,4-5H2,2-3H3. The van der Waals surface area contributed by atoms with Gasteiger partial charge in [-0.15, -0.1) is 0 Å². The van der Waals surface area contributed by atoms with Crippen molar-refractivity contribution >= 4 is 17.8 Å². The lowest BCUT2D eigenvalue weighted by atomic mass is 9.84. The van der Waals surface area contributed by atoms with E-state index in [1.807, 2.05) is 19.9 Å². The van der Waals surface area contributed by atoms with E-state index in [0.717, 1.165) is 18.6 Å². The Morgan fingerprint density at radius 1 is 1.47 bits per heavy atom. The number of allylic oxidation sites excluding steroid dienone is 2. The minimum Gasteiger partial charge on any atom is -0.289 e. The van der Waals surface area contributed by atoms with Crippen molar-refractivity contribution in [2.45, 2.75) is 32.2 Å². The number of aliphatic imine (C=N–C) groups is 2. The normalized spacial score (nSPS) is 24.1. The molecule has 78 valence electrons. The van der Waals surface area contributed by atoms with E-state index in [0.29, 0.717) is 11.1 Å². The number of carbonyl (C=O) groups is 1. The summed E-state index contributed by atoms with van der Waals surface area (Å²) in [5, 5.41) is 0. The molecule has 0 saturated heterocycles. The van der Waals surface area contributed by atoms with Crippen LogP contribution in [-0.4, -0.2) is 23.4 Å². The van der Waals surface area contributed by atoms with Crippen LogP contribution in [-0.2, 0) is 4.79 Å². The van der Waals surface area contributed by atoms with Gasteiger partial charge in [0, 0.05) is 5.57 Å². The van der Waals surface area contributed by atoms with Gasteiger partial charge in [0.15, 0.2) is 5.78 Å². The maximum absolute atomic E-state index is 11.9. The zero-order valence-corrected chi connectivity index (χ0v) is 9.08. The average molecular weight is 202 g/mol. The van der Waals surface area contributed by atoms with Gasteiger partial charge < -0.3 is 0 Å². The summed E-state index contributed by atoms with van der Waals surface area (Å²) in [6.45, 7) is 7.70. The molecule has 3 nitrogen and oxygen atoms in total. The summed E-state index contributed by atoms with van der Waals surface area (Å²) in [6.07, 6.45) is 5.11. The molecule has 0 aromatic carbocycles. The van der Waals surface area contributed by atoms with Crippen molar-refractivity contribution in [2.24, 2.45) is 9.98 Å². The zero-order chi connectivity index (χ0) is 11.1. The predicted molar refractivity (Wildman–Crippen MR) is 61.5 cm³/mol. The zero-order valence-electron chi connectivity index (χ0n) is 9.08. The molecule has 0 bridgehead atoms. The van der Waals surface area contributed by atoms with E-state index in [2.05, 4.69) is 16.6 Å². The maximum Gasteiger partial charge on any atom is 0.190 e. The monoisotopic (exact) mass is 202 g/mol. The average Bonchev–Trinajstić information content (AvgIpc) is 2.50. The summed E-state index contributed by atoms with van der Waals surface area (Å²) >= 11 is 0. The number of Topliss-reactive ketones (excluding diaryl/α,β-unsaturated/α-hetero) is 1. The lowest BCUT2D eigenvalue weighted by Gasteiger charge is -2.22. The molecule has 0 radical (unpaired) electrons. The van der Waals surface area contributed by atoms with Gasteiger partial charge in [-0.05, 0) is 32.3 Å². The maximum atomic E-state index is 11.9. The Kier molecular flexibility index (Phi) is 2.18. The van der Waals surface area contributed by atoms with Crippen LogP contribution in [0.4, 0.5) is 0 Å². The first-order valence-corrected chi connectivity index (χ1v) is 5.07. The summed E-state index contributed by atoms with van der Waals surface area (Å²) in [5.74, 6) is 0.0265. The first-order valence-electron chi connectivity index (χ1n) is 5.07. The van der Waals surface area contributed by atoms with Crippen LogP contribution >= 0.6 is 0 Å². The molecule has 0 N–H and O–H groups in total. The second-order valence-electron chi connectivity index (χ2n) is 4.37. The highest BCUT2D eigenvalue weighted by Gasteiger charge is 2.34. The molecular formula is C12H14N2O. The fourth-order valence-electron chi connectivity index (χ4n) is 1.84. The SMILES string of the molecule is C=C1CCC=C(C2=NC=NC2(C)C)C1=O. The summed E-state index contributed by atoms with van der Waals surface area (Å²) in [5.41, 5.74) is 1.76. The molecule has 15 heavy (non-hydrogen) atoms. The molecule has 0 fully saturated rings. The van der Waals surface area contributed by atoms with Gasteiger partial charge in [-0.1, -0.05) is 12.7 Å². The molecule has 0 amide bonds. The number of carbonyl (C=O) groups excluding carboxylic acids is 1. The molecule has 0 spiro atoms. The molecule has 0 unspecified atom stereocenters. The van der Waals surface area contributed by atoms with Gasteiger partial charge in [0.25, 0.3) is 0 Å². The second-order valence-corrected chi connectivity index (χ2v) is 4.37. The molecule has 0 saturated carbocycles. The van der Waals surface area contributed by atoms with Gasteiger partial charge >= 0.3 is 0 Å². The number of nitrogens with zero attached hydrogens (tertiary/aromatic N) is 2. The summed E-state index contributed by atoms with van der Waals surface area (Å²) in [4.78, 5) is 20.3. The minimum absolute atomic E-state index is 0.0265. The minimum atomic E-state index is -0.376. The molecule has 1 heterocycles. The Balaban J connectivity index is 2.37. The molecule has 2 aliphatic rings. The van der Waals surface area contributed by atoms with Crippen LogP contribution in [0.25, 0.3) is 0 Å². The van der Waals surface area contributed by atoms with E-state index in [1.165, 1.54) is 6.34 Å². The molecule has 0 aromatic heterocycles. The summed E-state index contributed by atoms with van der Waals surface area (Å²) in [6, 6.07) is 0. The third kappa shape index (κ3) is 1.58. The van der Waals surface area contributed by atoms with Crippen molar-refractivity contribution in [3.8, 4) is 0 Å². The highest BCUT2D eigenvalue weighted by Crippen LogP contribution is 2.27. The quantitative estimate of drug-likeness (QED) is 0.600. The van der Waals surface area contributed by atoms with Crippen LogP contribution in [0.2, 0.25) is 0 Å². The Morgan fingerprint density at radius 3 is 2.80 bits per heavy atom. The first-order chi connectivity index (χ1) is 7.02. The molecular weight excluding hydrogens is 188 g/mol. The topological polar surface area (TPSA) is 41.8 Å². The third-order valence-corrected chi connectivity index (χ3v) is 2.76. The Morgan fingerprint density at radius 2 is 2.20 bits per heavy atom. The molecule has 0 aromatic rings. The van der Waals surface area contributed by atoms with Crippen molar-refractivity contribution in [3.05, 3.63) is 23.8 Å². The lowest BCUT2D eigenvalue weighted by Crippen LogP contribution is -2.32. The Hall–Kier alpha value is -1.51. The van der Waals surface area contributed by atoms with Crippen LogP contribution in [0.15, 0.2) is 33.8 Å². The number of rotatable bonds is 1. The van der Waals surface area contributed by atoms with Crippen LogP contribution in [0.1, 0.15) is 26.7 Å². The van der Waals surface area contributed by atoms with E-state index in [1.54, 1.807) is 0 Å². The van der Waals surface area contributed by atoms with Crippen molar-refractivity contribution in [1.29, 1.82) is 0 Å². The van der Waals surface area contributed by atoms with E-state index in [4.69, 9.17) is 0 Å². The fourth-order valence-corrected chi connectivity index (χ4v) is 1.84. The third-order valence-electron chi connectivity index (χ3n) is 2.76. The molecule has 3 heteroatoms. The van der Waals surface area contributed by atoms with Crippen LogP contribution in [0, 0.1) is 0 Å². The fraction of sp³-hybridized carbons (Fsp3) is 0.417. The number of hydrogen-bond donors (Lipinski definition) is 0. The van der Waals surface area contributed by atoms with Gasteiger partial charge in [-0.25, -0.2) is 4.99 Å². The van der Waals surface area contributed by atoms with Gasteiger partial charge in [0.2, 0.25) is 0 Å². The Bertz CT molecular complexity index is 425. The van der Waals surface area contributed by atoms with Crippen molar-refractivity contribution in [1.82, 2.24) is 0 Å². The largest absolute Gasteiger partial charge is 0.289 e. The second kappa shape index (κ2) is 3.26. The van der Waals surface area contributed by atoms with Crippen molar-refractivity contribution in [2.75, 3.05) is 0 Å². The van der Waals surface area contributed by atoms with Crippen molar-refractivity contribution in [3.63, 3.8) is 0 Å². The van der Waals surface area contributed by atoms with E-state index < -0.39 is 0 Å². The highest BCUT2D eigenvalue weighted by atomic mass is 16.1. The van der Waals surface area contributed by atoms with Crippen LogP contribution < -0.4 is 0 Å². The number of ketones is 1. The molecule has 1 aliphatic heterocycles. The smallest absolute Gasteiger partial charge is 0.190 e. The first kappa shape index (κ1) is 10.0. The van der Waals surface area contributed by atoms with Gasteiger partial charge in [0.05, 0.1) is 11.3 Å². The number of hydrogen-bond acceptors (Lipinski definition) is 3. The van der Waals surface area contributed by atoms with Crippen molar-refractivity contribution < 1.29 is 4.79 Å². The van der Waals surface area contributed by atoms with Crippen LogP contribution in [0.5, 0.6) is 0 Å². The molecule has 1 aliphatic carbocycles. The van der Waals surface area contributed by atoms with E-state index in [9.17, 15) is 4.79 Å². The summed E-state index contributed by atoms with van der Waals surface area (Å²) in [7, 11) is 0. The van der Waals surface area contributed by atoms with Gasteiger partial charge in [0.1, 0.15) is 6.34 Å².